The normalized spacial score (nSPS) is 27.7. The van der Waals surface area contributed by atoms with Gasteiger partial charge in [-0.3, -0.25) is 13.9 Å². The molecule has 8 nitrogen and oxygen atoms in total. The second-order valence-corrected chi connectivity index (χ2v) is 7.63. The first-order valence-corrected chi connectivity index (χ1v) is 8.48. The number of hydrogen-bond acceptors (Lipinski definition) is 4. The lowest BCUT2D eigenvalue weighted by Gasteiger charge is -2.33. The van der Waals surface area contributed by atoms with Crippen molar-refractivity contribution >= 4 is 21.8 Å². The average Bonchev–Trinajstić information content (AvgIpc) is 2.89. The maximum atomic E-state index is 12.2. The lowest BCUT2D eigenvalue weighted by molar-refractivity contribution is 0.105. The van der Waals surface area contributed by atoms with Crippen molar-refractivity contribution in [2.75, 3.05) is 10.1 Å². The molecule has 3 rings (SSSR count). The Morgan fingerprint density at radius 1 is 1.38 bits per heavy atom. The third-order valence-electron chi connectivity index (χ3n) is 4.19. The second-order valence-electron chi connectivity index (χ2n) is 5.67. The van der Waals surface area contributed by atoms with E-state index < -0.39 is 16.1 Å². The topological polar surface area (TPSA) is 95.7 Å². The van der Waals surface area contributed by atoms with Crippen molar-refractivity contribution in [1.29, 1.82) is 0 Å². The summed E-state index contributed by atoms with van der Waals surface area (Å²) in [6.07, 6.45) is 1.11. The quantitative estimate of drug-likeness (QED) is 0.823. The number of hydrogen-bond donors (Lipinski definition) is 1. The van der Waals surface area contributed by atoms with E-state index >= 15 is 0 Å². The van der Waals surface area contributed by atoms with Crippen LogP contribution in [0.4, 0.5) is 10.5 Å². The molecule has 1 aromatic heterocycles. The molecule has 2 atom stereocenters. The van der Waals surface area contributed by atoms with Crippen LogP contribution in [0.2, 0.25) is 0 Å². The highest BCUT2D eigenvalue weighted by Gasteiger charge is 2.39. The van der Waals surface area contributed by atoms with Crippen molar-refractivity contribution in [2.24, 2.45) is 0 Å². The van der Waals surface area contributed by atoms with E-state index in [2.05, 4.69) is 5.10 Å². The van der Waals surface area contributed by atoms with Gasteiger partial charge in [0.2, 0.25) is 10.0 Å². The van der Waals surface area contributed by atoms with Crippen LogP contribution >= 0.6 is 0 Å². The van der Waals surface area contributed by atoms with Gasteiger partial charge in [0.15, 0.2) is 0 Å². The molecule has 1 aromatic rings. The van der Waals surface area contributed by atoms with Crippen LogP contribution in [0.15, 0.2) is 6.20 Å². The van der Waals surface area contributed by atoms with Gasteiger partial charge in [-0.05, 0) is 20.3 Å². The molecule has 0 aromatic carbocycles. The van der Waals surface area contributed by atoms with Gasteiger partial charge in [0, 0.05) is 6.04 Å². The van der Waals surface area contributed by atoms with Crippen LogP contribution in [0.1, 0.15) is 26.0 Å². The highest BCUT2D eigenvalue weighted by atomic mass is 32.2. The molecule has 1 unspecified atom stereocenters. The molecule has 9 heteroatoms. The number of carboxylic acid groups (broad SMARTS) is 1. The number of carbonyl (C=O) groups is 1. The van der Waals surface area contributed by atoms with Crippen molar-refractivity contribution in [3.63, 3.8) is 0 Å². The first-order valence-electron chi connectivity index (χ1n) is 6.87. The highest BCUT2D eigenvalue weighted by molar-refractivity contribution is 7.93. The number of sulfonamides is 1. The first-order chi connectivity index (χ1) is 9.81. The lowest BCUT2D eigenvalue weighted by atomic mass is 10.2. The predicted molar refractivity (Wildman–Crippen MR) is 75.6 cm³/mol. The van der Waals surface area contributed by atoms with Gasteiger partial charge in [0.1, 0.15) is 0 Å². The molecule has 0 spiro atoms. The fourth-order valence-corrected chi connectivity index (χ4v) is 4.97. The third-order valence-corrected chi connectivity index (χ3v) is 6.10. The highest BCUT2D eigenvalue weighted by Crippen LogP contribution is 2.34. The van der Waals surface area contributed by atoms with Gasteiger partial charge in [-0.2, -0.15) is 5.10 Å². The molecule has 1 fully saturated rings. The summed E-state index contributed by atoms with van der Waals surface area (Å²) in [5, 5.41) is 13.5. The molecular weight excluding hydrogens is 296 g/mol. The molecule has 1 N–H and O–H groups in total. The summed E-state index contributed by atoms with van der Waals surface area (Å²) in [6.45, 7) is 4.26. The Balaban J connectivity index is 2.03. The Hall–Kier alpha value is -1.77. The molecular formula is C12H18N4O4S. The zero-order valence-electron chi connectivity index (χ0n) is 11.9. The molecule has 0 saturated carbocycles. The minimum Gasteiger partial charge on any atom is -0.465 e. The summed E-state index contributed by atoms with van der Waals surface area (Å²) in [5.41, 5.74) is 1.16. The van der Waals surface area contributed by atoms with Crippen molar-refractivity contribution in [1.82, 2.24) is 14.7 Å². The Labute approximate surface area is 123 Å². The van der Waals surface area contributed by atoms with Crippen molar-refractivity contribution in [3.05, 3.63) is 11.9 Å². The summed E-state index contributed by atoms with van der Waals surface area (Å²) < 4.78 is 27.5. The number of amides is 1. The van der Waals surface area contributed by atoms with Crippen LogP contribution in [0.3, 0.4) is 0 Å². The van der Waals surface area contributed by atoms with E-state index in [1.54, 1.807) is 4.68 Å². The molecule has 2 aliphatic heterocycles. The summed E-state index contributed by atoms with van der Waals surface area (Å²) in [6, 6.07) is -0.308. The van der Waals surface area contributed by atoms with Gasteiger partial charge in [-0.25, -0.2) is 13.2 Å². The predicted octanol–water partition coefficient (Wildman–Crippen LogP) is 0.694. The molecule has 1 amide bonds. The standard InChI is InChI=1S/C12H18N4O4S/c1-8-3-4-21(19,20)16(8)10-5-13-15-6-9(2)14(12(17)18)7-11(10)15/h5,8-9H,3-4,6-7H2,1-2H3,(H,17,18)/t8?,9-/m0/s1. The van der Waals surface area contributed by atoms with E-state index in [1.807, 2.05) is 13.8 Å². The fraction of sp³-hybridized carbons (Fsp3) is 0.667. The summed E-state index contributed by atoms with van der Waals surface area (Å²) in [5.74, 6) is 0.123. The third kappa shape index (κ3) is 2.15. The second kappa shape index (κ2) is 4.62. The zero-order valence-corrected chi connectivity index (χ0v) is 12.7. The van der Waals surface area contributed by atoms with E-state index in [1.165, 1.54) is 15.4 Å². The molecule has 2 aliphatic rings. The van der Waals surface area contributed by atoms with Crippen molar-refractivity contribution < 1.29 is 18.3 Å². The molecule has 116 valence electrons. The molecule has 0 radical (unpaired) electrons. The molecule has 0 bridgehead atoms. The van der Waals surface area contributed by atoms with E-state index in [0.717, 1.165) is 0 Å². The van der Waals surface area contributed by atoms with Crippen LogP contribution in [-0.4, -0.2) is 52.1 Å². The SMILES string of the molecule is CC1CCS(=O)(=O)N1c1cnn2c1CN(C(=O)O)[C@@H](C)C2. The molecule has 0 aliphatic carbocycles. The van der Waals surface area contributed by atoms with Crippen molar-refractivity contribution in [3.8, 4) is 0 Å². The van der Waals surface area contributed by atoms with Gasteiger partial charge < -0.3 is 5.11 Å². The Morgan fingerprint density at radius 2 is 2.10 bits per heavy atom. The summed E-state index contributed by atoms with van der Waals surface area (Å²) in [4.78, 5) is 12.6. The Kier molecular flexibility index (Phi) is 3.12. The molecule has 1 saturated heterocycles. The van der Waals surface area contributed by atoms with Crippen molar-refractivity contribution in [2.45, 2.75) is 45.4 Å². The maximum absolute atomic E-state index is 12.2. The van der Waals surface area contributed by atoms with Gasteiger partial charge in [0.25, 0.3) is 0 Å². The van der Waals surface area contributed by atoms with Gasteiger partial charge in [-0.15, -0.1) is 0 Å². The number of anilines is 1. The lowest BCUT2D eigenvalue weighted by Crippen LogP contribution is -2.45. The number of aromatic nitrogens is 2. The van der Waals surface area contributed by atoms with Gasteiger partial charge >= 0.3 is 6.09 Å². The fourth-order valence-electron chi connectivity index (χ4n) is 3.02. The Bertz CT molecular complexity index is 683. The molecule has 3 heterocycles. The van der Waals surface area contributed by atoms with Crippen LogP contribution in [0, 0.1) is 0 Å². The summed E-state index contributed by atoms with van der Waals surface area (Å²) >= 11 is 0. The van der Waals surface area contributed by atoms with E-state index in [0.29, 0.717) is 24.3 Å². The monoisotopic (exact) mass is 314 g/mol. The van der Waals surface area contributed by atoms with Gasteiger partial charge in [0.05, 0.1) is 42.5 Å². The van der Waals surface area contributed by atoms with Crippen LogP contribution < -0.4 is 4.31 Å². The number of nitrogens with zero attached hydrogens (tertiary/aromatic N) is 4. The Morgan fingerprint density at radius 3 is 2.67 bits per heavy atom. The summed E-state index contributed by atoms with van der Waals surface area (Å²) in [7, 11) is -3.33. The van der Waals surface area contributed by atoms with Crippen LogP contribution in [0.25, 0.3) is 0 Å². The number of rotatable bonds is 1. The van der Waals surface area contributed by atoms with E-state index in [4.69, 9.17) is 0 Å². The van der Waals surface area contributed by atoms with Crippen LogP contribution in [-0.2, 0) is 23.1 Å². The van der Waals surface area contributed by atoms with E-state index in [-0.39, 0.29) is 24.4 Å². The number of fused-ring (bicyclic) bond motifs is 1. The minimum atomic E-state index is -3.33. The first kappa shape index (κ1) is 14.2. The molecule has 21 heavy (non-hydrogen) atoms. The van der Waals surface area contributed by atoms with E-state index in [9.17, 15) is 18.3 Å². The largest absolute Gasteiger partial charge is 0.465 e. The average molecular weight is 314 g/mol. The van der Waals surface area contributed by atoms with Gasteiger partial charge in [-0.1, -0.05) is 0 Å². The maximum Gasteiger partial charge on any atom is 0.407 e. The van der Waals surface area contributed by atoms with Crippen LogP contribution in [0.5, 0.6) is 0 Å². The zero-order chi connectivity index (χ0) is 15.4. The minimum absolute atomic E-state index is 0.123. The smallest absolute Gasteiger partial charge is 0.407 e.